The molecule has 0 saturated carbocycles. The molecule has 29 heavy (non-hydrogen) atoms. The van der Waals surface area contributed by atoms with E-state index in [9.17, 15) is 24.5 Å². The van der Waals surface area contributed by atoms with Crippen LogP contribution in [0.15, 0.2) is 60.7 Å². The fourth-order valence-electron chi connectivity index (χ4n) is 3.38. The molecule has 0 radical (unpaired) electrons. The van der Waals surface area contributed by atoms with Crippen LogP contribution in [0.5, 0.6) is 0 Å². The Morgan fingerprint density at radius 2 is 1.72 bits per heavy atom. The predicted molar refractivity (Wildman–Crippen MR) is 106 cm³/mol. The number of nitro benzene ring substituents is 1. The molecule has 0 aliphatic carbocycles. The first-order chi connectivity index (χ1) is 13.9. The molecule has 1 aliphatic heterocycles. The van der Waals surface area contributed by atoms with Gasteiger partial charge in [0.25, 0.3) is 17.5 Å². The van der Waals surface area contributed by atoms with Crippen molar-refractivity contribution in [2.45, 2.75) is 0 Å². The van der Waals surface area contributed by atoms with Crippen molar-refractivity contribution in [2.75, 3.05) is 18.5 Å². The summed E-state index contributed by atoms with van der Waals surface area (Å²) in [7, 11) is 1.55. The summed E-state index contributed by atoms with van der Waals surface area (Å²) in [5.74, 6) is -2.04. The number of benzene rings is 3. The summed E-state index contributed by atoms with van der Waals surface area (Å²) in [6.07, 6.45) is 0. The molecular weight excluding hydrogens is 374 g/mol. The summed E-state index contributed by atoms with van der Waals surface area (Å²) in [5, 5.41) is 13.2. The SMILES string of the molecule is CN(C(=O)CN1C(=O)c2cccc([N+](=O)[O-])c2C1=O)c1ccc2ccccc2c1. The van der Waals surface area contributed by atoms with Gasteiger partial charge in [-0.15, -0.1) is 0 Å². The predicted octanol–water partition coefficient (Wildman–Crippen LogP) is 3.01. The molecule has 0 saturated heterocycles. The van der Waals surface area contributed by atoms with E-state index < -0.39 is 34.9 Å². The third kappa shape index (κ3) is 3.00. The van der Waals surface area contributed by atoms with Gasteiger partial charge in [0.05, 0.1) is 10.5 Å². The maximum Gasteiger partial charge on any atom is 0.282 e. The van der Waals surface area contributed by atoms with E-state index >= 15 is 0 Å². The second-order valence-corrected chi connectivity index (χ2v) is 6.64. The zero-order chi connectivity index (χ0) is 20.7. The number of rotatable bonds is 4. The maximum atomic E-state index is 12.7. The number of hydrogen-bond acceptors (Lipinski definition) is 5. The summed E-state index contributed by atoms with van der Waals surface area (Å²) >= 11 is 0. The maximum absolute atomic E-state index is 12.7. The van der Waals surface area contributed by atoms with Crippen molar-refractivity contribution < 1.29 is 19.3 Å². The fraction of sp³-hybridized carbons (Fsp3) is 0.0952. The van der Waals surface area contributed by atoms with E-state index in [-0.39, 0.29) is 11.1 Å². The minimum Gasteiger partial charge on any atom is -0.314 e. The first-order valence-electron chi connectivity index (χ1n) is 8.77. The number of carbonyl (C=O) groups excluding carboxylic acids is 3. The third-order valence-corrected chi connectivity index (χ3v) is 4.96. The first kappa shape index (κ1) is 18.3. The number of likely N-dealkylation sites (N-methyl/N-ethyl adjacent to an activating group) is 1. The second kappa shape index (κ2) is 6.83. The first-order valence-corrected chi connectivity index (χ1v) is 8.77. The molecule has 4 rings (SSSR count). The molecule has 3 amide bonds. The number of hydrogen-bond donors (Lipinski definition) is 0. The molecule has 144 valence electrons. The lowest BCUT2D eigenvalue weighted by atomic mass is 10.1. The lowest BCUT2D eigenvalue weighted by Gasteiger charge is -2.21. The van der Waals surface area contributed by atoms with Crippen LogP contribution < -0.4 is 4.90 Å². The lowest BCUT2D eigenvalue weighted by molar-refractivity contribution is -0.385. The van der Waals surface area contributed by atoms with E-state index in [1.807, 2.05) is 36.4 Å². The number of nitrogens with zero attached hydrogens (tertiary/aromatic N) is 3. The van der Waals surface area contributed by atoms with Gasteiger partial charge >= 0.3 is 0 Å². The Morgan fingerprint density at radius 3 is 2.45 bits per heavy atom. The minimum atomic E-state index is -0.836. The molecule has 0 aromatic heterocycles. The highest BCUT2D eigenvalue weighted by Gasteiger charge is 2.42. The van der Waals surface area contributed by atoms with E-state index in [0.29, 0.717) is 5.69 Å². The molecule has 0 bridgehead atoms. The molecule has 3 aromatic carbocycles. The van der Waals surface area contributed by atoms with Crippen molar-refractivity contribution in [3.63, 3.8) is 0 Å². The summed E-state index contributed by atoms with van der Waals surface area (Å²) < 4.78 is 0. The molecule has 0 atom stereocenters. The van der Waals surface area contributed by atoms with Crippen molar-refractivity contribution in [3.05, 3.63) is 81.9 Å². The van der Waals surface area contributed by atoms with E-state index in [1.165, 1.54) is 17.0 Å². The molecule has 1 heterocycles. The van der Waals surface area contributed by atoms with Gasteiger partial charge in [0.2, 0.25) is 5.91 Å². The van der Waals surface area contributed by atoms with Gasteiger partial charge in [-0.05, 0) is 29.0 Å². The van der Waals surface area contributed by atoms with Crippen molar-refractivity contribution in [2.24, 2.45) is 0 Å². The van der Waals surface area contributed by atoms with Crippen molar-refractivity contribution in [3.8, 4) is 0 Å². The van der Waals surface area contributed by atoms with Gasteiger partial charge in [0, 0.05) is 18.8 Å². The summed E-state index contributed by atoms with van der Waals surface area (Å²) in [6, 6.07) is 17.0. The normalized spacial score (nSPS) is 12.9. The lowest BCUT2D eigenvalue weighted by Crippen LogP contribution is -2.41. The highest BCUT2D eigenvalue weighted by Crippen LogP contribution is 2.31. The van der Waals surface area contributed by atoms with E-state index in [1.54, 1.807) is 13.1 Å². The van der Waals surface area contributed by atoms with E-state index in [4.69, 9.17) is 0 Å². The third-order valence-electron chi connectivity index (χ3n) is 4.96. The van der Waals surface area contributed by atoms with Gasteiger partial charge < -0.3 is 4.90 Å². The second-order valence-electron chi connectivity index (χ2n) is 6.64. The average molecular weight is 389 g/mol. The van der Waals surface area contributed by atoms with Crippen molar-refractivity contribution in [1.82, 2.24) is 4.90 Å². The molecule has 1 aliphatic rings. The van der Waals surface area contributed by atoms with Crippen LogP contribution in [0.1, 0.15) is 20.7 Å². The van der Waals surface area contributed by atoms with Gasteiger partial charge in [-0.3, -0.25) is 29.4 Å². The monoisotopic (exact) mass is 389 g/mol. The standard InChI is InChI=1S/C21H15N3O5/c1-22(15-10-9-13-5-2-3-6-14(13)11-15)18(25)12-23-20(26)16-7-4-8-17(24(28)29)19(16)21(23)27/h2-11H,12H2,1H3. The summed E-state index contributed by atoms with van der Waals surface area (Å²) in [5.41, 5.74) is -0.177. The molecule has 8 heteroatoms. The van der Waals surface area contributed by atoms with Crippen LogP contribution in [-0.2, 0) is 4.79 Å². The fourth-order valence-corrected chi connectivity index (χ4v) is 3.38. The van der Waals surface area contributed by atoms with Crippen LogP contribution in [0.3, 0.4) is 0 Å². The highest BCUT2D eigenvalue weighted by atomic mass is 16.6. The van der Waals surface area contributed by atoms with Crippen LogP contribution in [0.25, 0.3) is 10.8 Å². The molecule has 8 nitrogen and oxygen atoms in total. The Labute approximate surface area is 165 Å². The molecule has 0 spiro atoms. The zero-order valence-electron chi connectivity index (χ0n) is 15.4. The molecule has 0 unspecified atom stereocenters. The molecule has 3 aromatic rings. The minimum absolute atomic E-state index is 0.0645. The molecule has 0 N–H and O–H groups in total. The van der Waals surface area contributed by atoms with Crippen LogP contribution >= 0.6 is 0 Å². The number of anilines is 1. The number of nitro groups is 1. The highest BCUT2D eigenvalue weighted by molar-refractivity contribution is 6.24. The van der Waals surface area contributed by atoms with Crippen molar-refractivity contribution in [1.29, 1.82) is 0 Å². The van der Waals surface area contributed by atoms with Gasteiger partial charge in [-0.1, -0.05) is 36.4 Å². The van der Waals surface area contributed by atoms with Crippen molar-refractivity contribution >= 4 is 39.9 Å². The van der Waals surface area contributed by atoms with Crippen LogP contribution in [0, 0.1) is 10.1 Å². The Morgan fingerprint density at radius 1 is 1.00 bits per heavy atom. The topological polar surface area (TPSA) is 101 Å². The Bertz CT molecular complexity index is 1200. The van der Waals surface area contributed by atoms with Crippen LogP contribution in [0.2, 0.25) is 0 Å². The Hall–Kier alpha value is -4.07. The zero-order valence-corrected chi connectivity index (χ0v) is 15.4. The summed E-state index contributed by atoms with van der Waals surface area (Å²) in [6.45, 7) is -0.507. The Kier molecular flexibility index (Phi) is 4.31. The van der Waals surface area contributed by atoms with Gasteiger partial charge in [0.1, 0.15) is 12.1 Å². The van der Waals surface area contributed by atoms with Crippen LogP contribution in [-0.4, -0.2) is 41.1 Å². The quantitative estimate of drug-likeness (QED) is 0.388. The smallest absolute Gasteiger partial charge is 0.282 e. The van der Waals surface area contributed by atoms with E-state index in [2.05, 4.69) is 0 Å². The largest absolute Gasteiger partial charge is 0.314 e. The summed E-state index contributed by atoms with van der Waals surface area (Å²) in [4.78, 5) is 50.5. The van der Waals surface area contributed by atoms with Gasteiger partial charge in [-0.25, -0.2) is 0 Å². The number of amides is 3. The van der Waals surface area contributed by atoms with Gasteiger partial charge in [-0.2, -0.15) is 0 Å². The van der Waals surface area contributed by atoms with Gasteiger partial charge in [0.15, 0.2) is 0 Å². The Balaban J connectivity index is 1.59. The number of fused-ring (bicyclic) bond motifs is 2. The molecular formula is C21H15N3O5. The number of imide groups is 1. The van der Waals surface area contributed by atoms with E-state index in [0.717, 1.165) is 21.7 Å². The van der Waals surface area contributed by atoms with Crippen LogP contribution in [0.4, 0.5) is 11.4 Å². The number of carbonyl (C=O) groups is 3. The average Bonchev–Trinajstić information content (AvgIpc) is 2.97. The molecule has 0 fully saturated rings.